The molecule has 0 aromatic heterocycles. The number of hydrogen-bond donors (Lipinski definition) is 0. The Hall–Kier alpha value is -1.69. The van der Waals surface area contributed by atoms with Gasteiger partial charge in [0.15, 0.2) is 9.84 Å². The zero-order valence-electron chi connectivity index (χ0n) is 11.8. The van der Waals surface area contributed by atoms with E-state index in [0.29, 0.717) is 12.3 Å². The second-order valence-electron chi connectivity index (χ2n) is 4.96. The first-order chi connectivity index (χ1) is 9.34. The maximum Gasteiger partial charge on any atom is 0.251 e. The van der Waals surface area contributed by atoms with Gasteiger partial charge in [-0.05, 0) is 31.0 Å². The summed E-state index contributed by atoms with van der Waals surface area (Å²) in [5.74, 6) is -0.292. The summed E-state index contributed by atoms with van der Waals surface area (Å²) in [6, 6.07) is 6.50. The van der Waals surface area contributed by atoms with Gasteiger partial charge in [0, 0.05) is 12.8 Å². The van der Waals surface area contributed by atoms with E-state index in [9.17, 15) is 13.2 Å². The lowest BCUT2D eigenvalue weighted by atomic mass is 9.99. The molecule has 5 nitrogen and oxygen atoms in total. The molecular weight excluding hydrogens is 276 g/mol. The maximum atomic E-state index is 12.0. The van der Waals surface area contributed by atoms with Crippen molar-refractivity contribution in [3.8, 4) is 0 Å². The Morgan fingerprint density at radius 2 is 1.85 bits per heavy atom. The number of carbonyl (C=O) groups excluding carboxylic acids is 1. The van der Waals surface area contributed by atoms with Gasteiger partial charge >= 0.3 is 0 Å². The molecule has 0 bridgehead atoms. The molecule has 1 aliphatic rings. The predicted octanol–water partition coefficient (Wildman–Crippen LogP) is 1.68. The first-order valence-corrected chi connectivity index (χ1v) is 8.44. The molecule has 20 heavy (non-hydrogen) atoms. The predicted molar refractivity (Wildman–Crippen MR) is 77.3 cm³/mol. The van der Waals surface area contributed by atoms with Crippen molar-refractivity contribution in [2.24, 2.45) is 11.0 Å². The van der Waals surface area contributed by atoms with Crippen molar-refractivity contribution in [1.29, 1.82) is 0 Å². The zero-order chi connectivity index (χ0) is 14.9. The van der Waals surface area contributed by atoms with Gasteiger partial charge in [-0.2, -0.15) is 5.10 Å². The van der Waals surface area contributed by atoms with Crippen LogP contribution in [0.15, 0.2) is 34.3 Å². The number of rotatable bonds is 4. The molecule has 0 N–H and O–H groups in total. The molecule has 1 aliphatic heterocycles. The largest absolute Gasteiger partial charge is 0.272 e. The van der Waals surface area contributed by atoms with Gasteiger partial charge in [-0.3, -0.25) is 4.79 Å². The summed E-state index contributed by atoms with van der Waals surface area (Å²) in [5.41, 5.74) is 1.49. The highest BCUT2D eigenvalue weighted by atomic mass is 32.2. The molecule has 1 heterocycles. The van der Waals surface area contributed by atoms with Crippen molar-refractivity contribution in [3.63, 3.8) is 0 Å². The number of amides is 1. The summed E-state index contributed by atoms with van der Waals surface area (Å²) >= 11 is 0. The van der Waals surface area contributed by atoms with E-state index < -0.39 is 9.84 Å². The molecule has 0 radical (unpaired) electrons. The normalized spacial score (nSPS) is 19.4. The van der Waals surface area contributed by atoms with Crippen molar-refractivity contribution in [2.45, 2.75) is 25.2 Å². The van der Waals surface area contributed by atoms with E-state index in [4.69, 9.17) is 0 Å². The monoisotopic (exact) mass is 294 g/mol. The number of benzene rings is 1. The van der Waals surface area contributed by atoms with Crippen LogP contribution in [0.3, 0.4) is 0 Å². The Morgan fingerprint density at radius 1 is 1.25 bits per heavy atom. The van der Waals surface area contributed by atoms with E-state index in [0.717, 1.165) is 12.0 Å². The Bertz CT molecular complexity index is 648. The summed E-state index contributed by atoms with van der Waals surface area (Å²) < 4.78 is 22.9. The first kappa shape index (κ1) is 14.7. The van der Waals surface area contributed by atoms with E-state index in [2.05, 4.69) is 5.10 Å². The van der Waals surface area contributed by atoms with Crippen LogP contribution < -0.4 is 0 Å². The van der Waals surface area contributed by atoms with Crippen molar-refractivity contribution in [2.75, 3.05) is 12.8 Å². The van der Waals surface area contributed by atoms with E-state index in [-0.39, 0.29) is 16.7 Å². The van der Waals surface area contributed by atoms with Crippen molar-refractivity contribution >= 4 is 21.5 Å². The fraction of sp³-hybridized carbons (Fsp3) is 0.429. The van der Waals surface area contributed by atoms with Gasteiger partial charge in [-0.15, -0.1) is 0 Å². The van der Waals surface area contributed by atoms with Crippen LogP contribution in [0.2, 0.25) is 0 Å². The van der Waals surface area contributed by atoms with Crippen molar-refractivity contribution < 1.29 is 13.2 Å². The van der Waals surface area contributed by atoms with Crippen molar-refractivity contribution in [3.05, 3.63) is 29.8 Å². The van der Waals surface area contributed by atoms with Crippen LogP contribution in [0.25, 0.3) is 0 Å². The highest BCUT2D eigenvalue weighted by Crippen LogP contribution is 2.22. The van der Waals surface area contributed by atoms with E-state index in [1.54, 1.807) is 24.3 Å². The summed E-state index contributed by atoms with van der Waals surface area (Å²) in [5, 5.41) is 5.84. The summed E-state index contributed by atoms with van der Waals surface area (Å²) in [6.07, 6.45) is 2.02. The number of hydrogen-bond acceptors (Lipinski definition) is 4. The van der Waals surface area contributed by atoms with Gasteiger partial charge in [0.1, 0.15) is 0 Å². The van der Waals surface area contributed by atoms with Gasteiger partial charge in [0.2, 0.25) is 0 Å². The third kappa shape index (κ3) is 2.75. The highest BCUT2D eigenvalue weighted by Gasteiger charge is 2.32. The molecule has 1 unspecified atom stereocenters. The lowest BCUT2D eigenvalue weighted by Crippen LogP contribution is -2.26. The summed E-state index contributed by atoms with van der Waals surface area (Å²) in [4.78, 5) is 12.3. The minimum Gasteiger partial charge on any atom is -0.272 e. The Labute approximate surface area is 119 Å². The molecule has 1 aromatic carbocycles. The maximum absolute atomic E-state index is 12.0. The van der Waals surface area contributed by atoms with Crippen LogP contribution in [0.5, 0.6) is 0 Å². The Kier molecular flexibility index (Phi) is 3.94. The molecule has 108 valence electrons. The molecule has 1 amide bonds. The van der Waals surface area contributed by atoms with E-state index >= 15 is 0 Å². The number of nitrogens with zero attached hydrogens (tertiary/aromatic N) is 2. The van der Waals surface area contributed by atoms with Crippen LogP contribution in [-0.2, 0) is 14.6 Å². The summed E-state index contributed by atoms with van der Waals surface area (Å²) in [7, 11) is -3.20. The molecular formula is C14H18N2O3S. The van der Waals surface area contributed by atoms with E-state index in [1.165, 1.54) is 11.3 Å². The molecule has 0 aliphatic carbocycles. The molecule has 1 atom stereocenters. The third-order valence-electron chi connectivity index (χ3n) is 3.28. The average molecular weight is 294 g/mol. The minimum atomic E-state index is -3.20. The molecule has 0 spiro atoms. The van der Waals surface area contributed by atoms with Crippen LogP contribution in [0, 0.1) is 5.92 Å². The fourth-order valence-corrected chi connectivity index (χ4v) is 2.79. The third-order valence-corrected chi connectivity index (χ3v) is 4.41. The smallest absolute Gasteiger partial charge is 0.251 e. The number of hydrazone groups is 1. The molecule has 6 heteroatoms. The van der Waals surface area contributed by atoms with Crippen LogP contribution in [0.4, 0.5) is 0 Å². The first-order valence-electron chi connectivity index (χ1n) is 6.55. The van der Waals surface area contributed by atoms with Gasteiger partial charge < -0.3 is 0 Å². The lowest BCUT2D eigenvalue weighted by molar-refractivity contribution is -0.131. The SMILES string of the molecule is CCCN1N=C(c2ccc(S(C)(=O)=O)cc2)C(C)C1=O. The topological polar surface area (TPSA) is 66.8 Å². The van der Waals surface area contributed by atoms with Gasteiger partial charge in [-0.25, -0.2) is 13.4 Å². The molecule has 2 rings (SSSR count). The standard InChI is InChI=1S/C14H18N2O3S/c1-4-9-16-14(17)10(2)13(15-16)11-5-7-12(8-6-11)20(3,18)19/h5-8,10H,4,9H2,1-3H3. The molecule has 0 saturated carbocycles. The number of carbonyl (C=O) groups is 1. The molecule has 0 saturated heterocycles. The fourth-order valence-electron chi connectivity index (χ4n) is 2.16. The van der Waals surface area contributed by atoms with Crippen LogP contribution in [0.1, 0.15) is 25.8 Å². The van der Waals surface area contributed by atoms with Crippen LogP contribution >= 0.6 is 0 Å². The summed E-state index contributed by atoms with van der Waals surface area (Å²) in [6.45, 7) is 4.42. The minimum absolute atomic E-state index is 0.00552. The van der Waals surface area contributed by atoms with Gasteiger partial charge in [0.25, 0.3) is 5.91 Å². The lowest BCUT2D eigenvalue weighted by Gasteiger charge is -2.10. The quantitative estimate of drug-likeness (QED) is 0.848. The Balaban J connectivity index is 2.32. The molecule has 1 aromatic rings. The second kappa shape index (κ2) is 5.36. The van der Waals surface area contributed by atoms with Gasteiger partial charge in [-0.1, -0.05) is 19.1 Å². The highest BCUT2D eigenvalue weighted by molar-refractivity contribution is 7.90. The number of sulfone groups is 1. The van der Waals surface area contributed by atoms with E-state index in [1.807, 2.05) is 13.8 Å². The second-order valence-corrected chi connectivity index (χ2v) is 6.98. The zero-order valence-corrected chi connectivity index (χ0v) is 12.6. The molecule has 0 fully saturated rings. The van der Waals surface area contributed by atoms with Crippen LogP contribution in [-0.4, -0.2) is 37.8 Å². The van der Waals surface area contributed by atoms with Gasteiger partial charge in [0.05, 0.1) is 16.5 Å². The Morgan fingerprint density at radius 3 is 2.35 bits per heavy atom. The average Bonchev–Trinajstić information content (AvgIpc) is 2.67. The van der Waals surface area contributed by atoms with Crippen molar-refractivity contribution in [1.82, 2.24) is 5.01 Å².